The molecule has 1 atom stereocenters. The van der Waals surface area contributed by atoms with Crippen LogP contribution in [0.2, 0.25) is 0 Å². The lowest BCUT2D eigenvalue weighted by Crippen LogP contribution is -2.31. The third-order valence-corrected chi connectivity index (χ3v) is 6.06. The summed E-state index contributed by atoms with van der Waals surface area (Å²) in [6, 6.07) is 6.49. The molecule has 6 nitrogen and oxygen atoms in total. The summed E-state index contributed by atoms with van der Waals surface area (Å²) >= 11 is 0. The molecule has 3 aromatic rings. The topological polar surface area (TPSA) is 63.9 Å². The van der Waals surface area contributed by atoms with E-state index in [1.165, 1.54) is 0 Å². The minimum absolute atomic E-state index is 0.196. The van der Waals surface area contributed by atoms with Gasteiger partial charge in [0.15, 0.2) is 5.65 Å². The van der Waals surface area contributed by atoms with Crippen LogP contribution in [0.5, 0.6) is 0 Å². The van der Waals surface area contributed by atoms with E-state index in [9.17, 15) is 4.79 Å². The summed E-state index contributed by atoms with van der Waals surface area (Å²) in [6.45, 7) is 7.35. The van der Waals surface area contributed by atoms with Gasteiger partial charge in [0, 0.05) is 42.7 Å². The standard InChI is InChI=1S/C23H27N5O/c1-14(2)9-11-27-20-7-4-15(3)25-22(20)26-21(27)12-17-18-13-24-10-8-19(18)28(23(17)29)16-5-6-16/h4,7-8,10,13-14,16-17H,5-6,9,11-12H2,1-3H3. The number of fused-ring (bicyclic) bond motifs is 2. The minimum atomic E-state index is -0.213. The quantitative estimate of drug-likeness (QED) is 0.639. The van der Waals surface area contributed by atoms with E-state index >= 15 is 0 Å². The van der Waals surface area contributed by atoms with Gasteiger partial charge < -0.3 is 9.47 Å². The SMILES string of the molecule is Cc1ccc2c(n1)nc(CC1C(=O)N(C3CC3)c3ccncc31)n2CCC(C)C. The summed E-state index contributed by atoms with van der Waals surface area (Å²) in [5.74, 6) is 1.53. The summed E-state index contributed by atoms with van der Waals surface area (Å²) < 4.78 is 2.27. The van der Waals surface area contributed by atoms with Gasteiger partial charge in [0.1, 0.15) is 5.82 Å². The second-order valence-electron chi connectivity index (χ2n) is 8.79. The zero-order valence-corrected chi connectivity index (χ0v) is 17.3. The highest BCUT2D eigenvalue weighted by Crippen LogP contribution is 2.44. The smallest absolute Gasteiger partial charge is 0.235 e. The Bertz CT molecular complexity index is 1080. The van der Waals surface area contributed by atoms with Gasteiger partial charge in [0.2, 0.25) is 5.91 Å². The average Bonchev–Trinajstić information content (AvgIpc) is 3.41. The molecule has 4 heterocycles. The maximum atomic E-state index is 13.3. The Balaban J connectivity index is 1.54. The molecule has 29 heavy (non-hydrogen) atoms. The van der Waals surface area contributed by atoms with Gasteiger partial charge in [0.25, 0.3) is 0 Å². The Hall–Kier alpha value is -2.76. The molecule has 0 radical (unpaired) electrons. The molecule has 0 saturated heterocycles. The maximum absolute atomic E-state index is 13.3. The fourth-order valence-electron chi connectivity index (χ4n) is 4.34. The first-order valence-electron chi connectivity index (χ1n) is 10.6. The summed E-state index contributed by atoms with van der Waals surface area (Å²) in [5.41, 5.74) is 4.87. The van der Waals surface area contributed by atoms with Crippen LogP contribution in [-0.2, 0) is 17.8 Å². The van der Waals surface area contributed by atoms with Crippen LogP contribution in [0.1, 0.15) is 56.1 Å². The van der Waals surface area contributed by atoms with Crippen molar-refractivity contribution in [3.8, 4) is 0 Å². The van der Waals surface area contributed by atoms with Crippen LogP contribution in [0.15, 0.2) is 30.6 Å². The van der Waals surface area contributed by atoms with Crippen molar-refractivity contribution in [2.24, 2.45) is 5.92 Å². The van der Waals surface area contributed by atoms with Crippen LogP contribution >= 0.6 is 0 Å². The monoisotopic (exact) mass is 389 g/mol. The third kappa shape index (κ3) is 3.20. The normalized spacial score (nSPS) is 18.8. The lowest BCUT2D eigenvalue weighted by atomic mass is 9.98. The van der Waals surface area contributed by atoms with Gasteiger partial charge in [-0.1, -0.05) is 13.8 Å². The molecule has 1 fully saturated rings. The van der Waals surface area contributed by atoms with Crippen molar-refractivity contribution in [3.05, 3.63) is 47.7 Å². The Morgan fingerprint density at radius 1 is 1.17 bits per heavy atom. The summed E-state index contributed by atoms with van der Waals surface area (Å²) in [5, 5.41) is 0. The van der Waals surface area contributed by atoms with Crippen molar-refractivity contribution >= 4 is 22.8 Å². The van der Waals surface area contributed by atoms with Gasteiger partial charge in [-0.15, -0.1) is 0 Å². The van der Waals surface area contributed by atoms with Crippen molar-refractivity contribution in [1.82, 2.24) is 19.5 Å². The number of imidazole rings is 1. The molecule has 0 bridgehead atoms. The fraction of sp³-hybridized carbons (Fsp3) is 0.478. The predicted octanol–water partition coefficient (Wildman–Crippen LogP) is 4.02. The van der Waals surface area contributed by atoms with Crippen molar-refractivity contribution in [3.63, 3.8) is 0 Å². The van der Waals surface area contributed by atoms with Gasteiger partial charge in [0.05, 0.1) is 17.1 Å². The number of aryl methyl sites for hydroxylation is 2. The van der Waals surface area contributed by atoms with E-state index in [-0.39, 0.29) is 11.8 Å². The Kier molecular flexibility index (Phi) is 4.37. The molecule has 1 unspecified atom stereocenters. The summed E-state index contributed by atoms with van der Waals surface area (Å²) in [4.78, 5) is 29.2. The molecular weight excluding hydrogens is 362 g/mol. The molecule has 1 aliphatic heterocycles. The van der Waals surface area contributed by atoms with E-state index in [1.54, 1.807) is 6.20 Å². The maximum Gasteiger partial charge on any atom is 0.235 e. The molecule has 3 aromatic heterocycles. The minimum Gasteiger partial charge on any atom is -0.327 e. The van der Waals surface area contributed by atoms with Crippen molar-refractivity contribution in [2.75, 3.05) is 4.90 Å². The second-order valence-corrected chi connectivity index (χ2v) is 8.79. The number of anilines is 1. The summed E-state index contributed by atoms with van der Waals surface area (Å²) in [7, 11) is 0. The third-order valence-electron chi connectivity index (χ3n) is 6.06. The first-order chi connectivity index (χ1) is 14.0. The average molecular weight is 390 g/mol. The lowest BCUT2D eigenvalue weighted by Gasteiger charge is -2.17. The number of nitrogens with zero attached hydrogens (tertiary/aromatic N) is 5. The lowest BCUT2D eigenvalue weighted by molar-refractivity contribution is -0.119. The zero-order valence-electron chi connectivity index (χ0n) is 17.3. The van der Waals surface area contributed by atoms with E-state index in [4.69, 9.17) is 4.98 Å². The first-order valence-corrected chi connectivity index (χ1v) is 10.6. The van der Waals surface area contributed by atoms with Crippen molar-refractivity contribution < 1.29 is 4.79 Å². The molecule has 2 aliphatic rings. The summed E-state index contributed by atoms with van der Waals surface area (Å²) in [6.07, 6.45) is 7.50. The fourth-order valence-corrected chi connectivity index (χ4v) is 4.34. The van der Waals surface area contributed by atoms with Gasteiger partial charge >= 0.3 is 0 Å². The van der Waals surface area contributed by atoms with E-state index < -0.39 is 0 Å². The first kappa shape index (κ1) is 18.3. The second kappa shape index (κ2) is 6.94. The molecule has 150 valence electrons. The van der Waals surface area contributed by atoms with Crippen LogP contribution in [0.25, 0.3) is 11.2 Å². The number of aromatic nitrogens is 4. The number of amides is 1. The molecule has 1 aliphatic carbocycles. The van der Waals surface area contributed by atoms with Crippen LogP contribution in [0, 0.1) is 12.8 Å². The molecule has 0 aromatic carbocycles. The predicted molar refractivity (Wildman–Crippen MR) is 113 cm³/mol. The highest BCUT2D eigenvalue weighted by atomic mass is 16.2. The van der Waals surface area contributed by atoms with E-state index in [1.807, 2.05) is 30.2 Å². The number of hydrogen-bond donors (Lipinski definition) is 0. The Morgan fingerprint density at radius 3 is 2.76 bits per heavy atom. The van der Waals surface area contributed by atoms with Crippen molar-refractivity contribution in [2.45, 2.75) is 65.0 Å². The number of carbonyl (C=O) groups excluding carboxylic acids is 1. The molecule has 0 spiro atoms. The molecule has 1 amide bonds. The van der Waals surface area contributed by atoms with E-state index in [2.05, 4.69) is 34.4 Å². The van der Waals surface area contributed by atoms with E-state index in [0.717, 1.165) is 59.7 Å². The highest BCUT2D eigenvalue weighted by molar-refractivity contribution is 6.05. The number of hydrogen-bond acceptors (Lipinski definition) is 4. The highest BCUT2D eigenvalue weighted by Gasteiger charge is 2.44. The van der Waals surface area contributed by atoms with E-state index in [0.29, 0.717) is 18.4 Å². The number of carbonyl (C=O) groups is 1. The van der Waals surface area contributed by atoms with Gasteiger partial charge in [-0.05, 0) is 50.3 Å². The number of rotatable bonds is 6. The van der Waals surface area contributed by atoms with Gasteiger partial charge in [-0.2, -0.15) is 0 Å². The van der Waals surface area contributed by atoms with Gasteiger partial charge in [-0.25, -0.2) is 9.97 Å². The molecule has 1 saturated carbocycles. The van der Waals surface area contributed by atoms with Crippen LogP contribution in [0.4, 0.5) is 5.69 Å². The number of pyridine rings is 2. The molecule has 0 N–H and O–H groups in total. The largest absolute Gasteiger partial charge is 0.327 e. The van der Waals surface area contributed by atoms with Gasteiger partial charge in [-0.3, -0.25) is 9.78 Å². The Labute approximate surface area is 171 Å². The Morgan fingerprint density at radius 2 is 2.00 bits per heavy atom. The molecule has 5 rings (SSSR count). The molecule has 6 heteroatoms. The van der Waals surface area contributed by atoms with Crippen LogP contribution < -0.4 is 4.90 Å². The molecular formula is C23H27N5O. The van der Waals surface area contributed by atoms with Crippen LogP contribution in [-0.4, -0.2) is 31.5 Å². The zero-order chi connectivity index (χ0) is 20.1. The van der Waals surface area contributed by atoms with Crippen molar-refractivity contribution in [1.29, 1.82) is 0 Å². The van der Waals surface area contributed by atoms with Crippen LogP contribution in [0.3, 0.4) is 0 Å².